The number of thioether (sulfide) groups is 1. The lowest BCUT2D eigenvalue weighted by molar-refractivity contribution is -0.192. The van der Waals surface area contributed by atoms with E-state index in [1.165, 1.54) is 0 Å². The van der Waals surface area contributed by atoms with Crippen LogP contribution in [0.5, 0.6) is 0 Å². The molecule has 1 saturated carbocycles. The van der Waals surface area contributed by atoms with E-state index >= 15 is 0 Å². The van der Waals surface area contributed by atoms with E-state index in [0.717, 1.165) is 49.4 Å². The number of halogens is 3. The lowest BCUT2D eigenvalue weighted by atomic mass is 9.92. The monoisotopic (exact) mass is 485 g/mol. The summed E-state index contributed by atoms with van der Waals surface area (Å²) in [5.41, 5.74) is 1.55. The molecule has 1 amide bonds. The molecule has 4 heterocycles. The smallest absolute Gasteiger partial charge is 0.475 e. The Kier molecular flexibility index (Phi) is 6.66. The number of aliphatic carboxylic acids is 1. The molecule has 5 rings (SSSR count). The lowest BCUT2D eigenvalue weighted by Gasteiger charge is -2.47. The molecule has 0 aromatic carbocycles. The van der Waals surface area contributed by atoms with Crippen LogP contribution < -0.4 is 0 Å². The molecule has 33 heavy (non-hydrogen) atoms. The molecule has 1 spiro atoms. The van der Waals surface area contributed by atoms with E-state index in [9.17, 15) is 18.0 Å². The van der Waals surface area contributed by atoms with Crippen LogP contribution in [0.3, 0.4) is 0 Å². The third-order valence-corrected chi connectivity index (χ3v) is 7.17. The Labute approximate surface area is 191 Å². The van der Waals surface area contributed by atoms with E-state index in [2.05, 4.69) is 10.1 Å². The highest BCUT2D eigenvalue weighted by molar-refractivity contribution is 8.01. The standard InChI is InChI=1S/C19H21N3O3S.C2HF3O2/c23-18(16-6-17(25-21-16)14-3-4-14)22-11-19(12-22)7-15(10-26-19)24-9-13-2-1-5-20-8-13;3-2(4,5)1(6)7/h1-2,5-6,8,14-15H,3-4,7,9-12H2;(H,6,7). The van der Waals surface area contributed by atoms with Crippen LogP contribution in [0.15, 0.2) is 35.1 Å². The highest BCUT2D eigenvalue weighted by Gasteiger charge is 2.51. The minimum atomic E-state index is -5.08. The first kappa shape index (κ1) is 23.6. The normalized spacial score (nSPS) is 21.3. The Balaban J connectivity index is 0.000000325. The molecular formula is C21H22F3N3O5S. The summed E-state index contributed by atoms with van der Waals surface area (Å²) in [6, 6.07) is 5.78. The number of carbonyl (C=O) groups excluding carboxylic acids is 1. The highest BCUT2D eigenvalue weighted by atomic mass is 32.2. The largest absolute Gasteiger partial charge is 0.490 e. The fraction of sp³-hybridized carbons (Fsp3) is 0.524. The van der Waals surface area contributed by atoms with E-state index in [0.29, 0.717) is 18.2 Å². The molecule has 178 valence electrons. The number of carbonyl (C=O) groups is 2. The van der Waals surface area contributed by atoms with E-state index in [4.69, 9.17) is 19.2 Å². The third kappa shape index (κ3) is 5.85. The quantitative estimate of drug-likeness (QED) is 0.686. The first-order valence-electron chi connectivity index (χ1n) is 10.4. The number of carboxylic acid groups (broad SMARTS) is 1. The summed E-state index contributed by atoms with van der Waals surface area (Å²) in [6.07, 6.45) is 2.06. The van der Waals surface area contributed by atoms with Gasteiger partial charge in [-0.15, -0.1) is 11.8 Å². The summed E-state index contributed by atoms with van der Waals surface area (Å²) >= 11 is 1.93. The van der Waals surface area contributed by atoms with Crippen LogP contribution in [-0.4, -0.2) is 67.9 Å². The van der Waals surface area contributed by atoms with Crippen molar-refractivity contribution in [2.75, 3.05) is 18.8 Å². The molecular weight excluding hydrogens is 463 g/mol. The van der Waals surface area contributed by atoms with Gasteiger partial charge in [-0.1, -0.05) is 11.2 Å². The lowest BCUT2D eigenvalue weighted by Crippen LogP contribution is -2.60. The van der Waals surface area contributed by atoms with Crippen molar-refractivity contribution in [2.24, 2.45) is 0 Å². The number of amides is 1. The Morgan fingerprint density at radius 3 is 2.67 bits per heavy atom. The maximum atomic E-state index is 12.6. The molecule has 0 radical (unpaired) electrons. The van der Waals surface area contributed by atoms with Gasteiger partial charge in [0.15, 0.2) is 5.69 Å². The van der Waals surface area contributed by atoms with Gasteiger partial charge in [0.25, 0.3) is 5.91 Å². The van der Waals surface area contributed by atoms with Gasteiger partial charge in [0.05, 0.1) is 17.5 Å². The van der Waals surface area contributed by atoms with Crippen LogP contribution in [0.1, 0.15) is 47.0 Å². The van der Waals surface area contributed by atoms with Crippen LogP contribution in [-0.2, 0) is 16.1 Å². The van der Waals surface area contributed by atoms with E-state index in [1.54, 1.807) is 6.20 Å². The maximum absolute atomic E-state index is 12.6. The van der Waals surface area contributed by atoms with Crippen molar-refractivity contribution in [2.45, 2.75) is 48.8 Å². The van der Waals surface area contributed by atoms with Gasteiger partial charge >= 0.3 is 12.1 Å². The van der Waals surface area contributed by atoms with Crippen LogP contribution in [0, 0.1) is 0 Å². The van der Waals surface area contributed by atoms with Crippen molar-refractivity contribution in [3.63, 3.8) is 0 Å². The average molecular weight is 485 g/mol. The summed E-state index contributed by atoms with van der Waals surface area (Å²) in [7, 11) is 0. The van der Waals surface area contributed by atoms with E-state index in [-0.39, 0.29) is 16.8 Å². The molecule has 0 bridgehead atoms. The molecule has 2 aromatic heterocycles. The van der Waals surface area contributed by atoms with Gasteiger partial charge in [0, 0.05) is 43.2 Å². The number of nitrogens with zero attached hydrogens (tertiary/aromatic N) is 3. The second-order valence-corrected chi connectivity index (χ2v) is 9.83. The van der Waals surface area contributed by atoms with Gasteiger partial charge in [-0.05, 0) is 30.9 Å². The zero-order valence-electron chi connectivity index (χ0n) is 17.5. The molecule has 1 N–H and O–H groups in total. The summed E-state index contributed by atoms with van der Waals surface area (Å²) in [6.45, 7) is 2.14. The molecule has 3 aliphatic rings. The number of likely N-dealkylation sites (tertiary alicyclic amines) is 1. The van der Waals surface area contributed by atoms with Crippen molar-refractivity contribution in [1.82, 2.24) is 15.0 Å². The Morgan fingerprint density at radius 1 is 1.33 bits per heavy atom. The first-order chi connectivity index (χ1) is 15.7. The SMILES string of the molecule is O=C(O)C(F)(F)F.O=C(c1cc(C2CC2)on1)N1CC2(CC(OCc3cccnc3)CS2)C1. The molecule has 2 aliphatic heterocycles. The van der Waals surface area contributed by atoms with Crippen molar-refractivity contribution in [3.05, 3.63) is 47.6 Å². The molecule has 12 heteroatoms. The van der Waals surface area contributed by atoms with Crippen molar-refractivity contribution < 1.29 is 37.1 Å². The Bertz CT molecular complexity index is 991. The molecule has 2 saturated heterocycles. The Morgan fingerprint density at radius 2 is 2.06 bits per heavy atom. The number of aromatic nitrogens is 2. The average Bonchev–Trinajstić information content (AvgIpc) is 3.32. The molecule has 1 aliphatic carbocycles. The number of pyridine rings is 1. The van der Waals surface area contributed by atoms with Gasteiger partial charge in [-0.2, -0.15) is 13.2 Å². The predicted octanol–water partition coefficient (Wildman–Crippen LogP) is 3.50. The van der Waals surface area contributed by atoms with Crippen molar-refractivity contribution >= 4 is 23.6 Å². The summed E-state index contributed by atoms with van der Waals surface area (Å²) in [5, 5.41) is 11.1. The molecule has 8 nitrogen and oxygen atoms in total. The van der Waals surface area contributed by atoms with Gasteiger partial charge in [-0.25, -0.2) is 4.79 Å². The zero-order chi connectivity index (χ0) is 23.6. The third-order valence-electron chi connectivity index (χ3n) is 5.60. The minimum Gasteiger partial charge on any atom is -0.475 e. The predicted molar refractivity (Wildman–Crippen MR) is 111 cm³/mol. The second kappa shape index (κ2) is 9.34. The van der Waals surface area contributed by atoms with Crippen LogP contribution >= 0.6 is 11.8 Å². The maximum Gasteiger partial charge on any atom is 0.490 e. The summed E-state index contributed by atoms with van der Waals surface area (Å²) in [5.74, 6) is -0.436. The zero-order valence-corrected chi connectivity index (χ0v) is 18.3. The number of rotatable bonds is 5. The number of hydrogen-bond donors (Lipinski definition) is 1. The van der Waals surface area contributed by atoms with Crippen molar-refractivity contribution in [1.29, 1.82) is 0 Å². The van der Waals surface area contributed by atoms with Gasteiger partial charge < -0.3 is 19.3 Å². The fourth-order valence-corrected chi connectivity index (χ4v) is 5.28. The molecule has 3 fully saturated rings. The number of carboxylic acids is 1. The Hall–Kier alpha value is -2.60. The number of ether oxygens (including phenoxy) is 1. The summed E-state index contributed by atoms with van der Waals surface area (Å²) < 4.78 is 43.2. The molecule has 2 aromatic rings. The minimum absolute atomic E-state index is 0.00777. The van der Waals surface area contributed by atoms with Gasteiger partial charge in [0.2, 0.25) is 0 Å². The van der Waals surface area contributed by atoms with Gasteiger partial charge in [-0.3, -0.25) is 9.78 Å². The topological polar surface area (TPSA) is 106 Å². The molecule has 1 atom stereocenters. The summed E-state index contributed by atoms with van der Waals surface area (Å²) in [4.78, 5) is 27.5. The number of hydrogen-bond acceptors (Lipinski definition) is 7. The van der Waals surface area contributed by atoms with Gasteiger partial charge in [0.1, 0.15) is 5.76 Å². The first-order valence-corrected chi connectivity index (χ1v) is 11.3. The molecule has 1 unspecified atom stereocenters. The van der Waals surface area contributed by atoms with Crippen LogP contribution in [0.4, 0.5) is 13.2 Å². The van der Waals surface area contributed by atoms with Crippen molar-refractivity contribution in [3.8, 4) is 0 Å². The highest BCUT2D eigenvalue weighted by Crippen LogP contribution is 2.46. The second-order valence-electron chi connectivity index (χ2n) is 8.35. The fourth-order valence-electron chi connectivity index (χ4n) is 3.73. The van der Waals surface area contributed by atoms with E-state index < -0.39 is 12.1 Å². The van der Waals surface area contributed by atoms with Crippen LogP contribution in [0.2, 0.25) is 0 Å². The van der Waals surface area contributed by atoms with Crippen LogP contribution in [0.25, 0.3) is 0 Å². The van der Waals surface area contributed by atoms with E-state index in [1.807, 2.05) is 41.1 Å². The number of alkyl halides is 3.